The first-order valence-electron chi connectivity index (χ1n) is 5.33. The molecule has 2 heterocycles. The van der Waals surface area contributed by atoms with Gasteiger partial charge in [0.25, 0.3) is 6.43 Å². The minimum atomic E-state index is -4.58. The highest BCUT2D eigenvalue weighted by atomic mass is 79.9. The number of rotatable bonds is 3. The quantitative estimate of drug-likeness (QED) is 0.779. The van der Waals surface area contributed by atoms with Crippen LogP contribution in [0.25, 0.3) is 11.4 Å². The lowest BCUT2D eigenvalue weighted by Crippen LogP contribution is -2.09. The standard InChI is InChI=1S/C11H7BrF5N3/c12-6-4-20(5-9(13)14)19-10(6)7-2-1-3-8(18-7)11(15,16)17/h1-4,9H,5H2. The molecule has 0 saturated carbocycles. The number of aromatic nitrogens is 3. The summed E-state index contributed by atoms with van der Waals surface area (Å²) >= 11 is 3.07. The van der Waals surface area contributed by atoms with Crippen molar-refractivity contribution >= 4 is 15.9 Å². The summed E-state index contributed by atoms with van der Waals surface area (Å²) in [5.74, 6) is 0. The summed E-state index contributed by atoms with van der Waals surface area (Å²) < 4.78 is 63.4. The second kappa shape index (κ2) is 5.47. The first-order valence-corrected chi connectivity index (χ1v) is 6.12. The van der Waals surface area contributed by atoms with Gasteiger partial charge in [0.1, 0.15) is 17.9 Å². The molecule has 0 radical (unpaired) electrons. The molecule has 0 spiro atoms. The third-order valence-electron chi connectivity index (χ3n) is 2.32. The lowest BCUT2D eigenvalue weighted by molar-refractivity contribution is -0.141. The molecule has 0 saturated heterocycles. The molecule has 0 bridgehead atoms. The van der Waals surface area contributed by atoms with Crippen molar-refractivity contribution in [2.75, 3.05) is 0 Å². The topological polar surface area (TPSA) is 30.7 Å². The average molecular weight is 356 g/mol. The summed E-state index contributed by atoms with van der Waals surface area (Å²) in [5.41, 5.74) is -1.03. The Balaban J connectivity index is 2.39. The molecule has 0 aromatic carbocycles. The smallest absolute Gasteiger partial charge is 0.265 e. The Morgan fingerprint density at radius 2 is 1.95 bits per heavy atom. The van der Waals surface area contributed by atoms with E-state index in [2.05, 4.69) is 26.0 Å². The van der Waals surface area contributed by atoms with Gasteiger partial charge in [0.05, 0.1) is 10.2 Å². The number of hydrogen-bond donors (Lipinski definition) is 0. The largest absolute Gasteiger partial charge is 0.433 e. The predicted octanol–water partition coefficient (Wildman–Crippen LogP) is 3.99. The van der Waals surface area contributed by atoms with E-state index in [1.807, 2.05) is 0 Å². The van der Waals surface area contributed by atoms with Crippen LogP contribution in [-0.2, 0) is 12.7 Å². The molecule has 0 unspecified atom stereocenters. The summed E-state index contributed by atoms with van der Waals surface area (Å²) in [7, 11) is 0. The van der Waals surface area contributed by atoms with Gasteiger partial charge in [-0.3, -0.25) is 4.68 Å². The number of nitrogens with zero attached hydrogens (tertiary/aromatic N) is 3. The molecule has 3 nitrogen and oxygen atoms in total. The van der Waals surface area contributed by atoms with Crippen LogP contribution in [0.15, 0.2) is 28.9 Å². The van der Waals surface area contributed by atoms with Crippen molar-refractivity contribution in [1.29, 1.82) is 0 Å². The van der Waals surface area contributed by atoms with Gasteiger partial charge in [-0.05, 0) is 28.1 Å². The minimum Gasteiger partial charge on any atom is -0.265 e. The maximum absolute atomic E-state index is 12.6. The Morgan fingerprint density at radius 1 is 1.25 bits per heavy atom. The summed E-state index contributed by atoms with van der Waals surface area (Å²) in [4.78, 5) is 3.45. The van der Waals surface area contributed by atoms with Crippen LogP contribution in [0.4, 0.5) is 22.0 Å². The number of pyridine rings is 1. The summed E-state index contributed by atoms with van der Waals surface area (Å²) in [6.45, 7) is -0.641. The molecule has 20 heavy (non-hydrogen) atoms. The first kappa shape index (κ1) is 14.9. The van der Waals surface area contributed by atoms with Crippen molar-refractivity contribution in [2.45, 2.75) is 19.1 Å². The van der Waals surface area contributed by atoms with Crippen molar-refractivity contribution in [3.63, 3.8) is 0 Å². The molecule has 9 heteroatoms. The number of halogens is 6. The first-order chi connectivity index (χ1) is 9.27. The van der Waals surface area contributed by atoms with E-state index in [0.717, 1.165) is 10.7 Å². The van der Waals surface area contributed by atoms with Crippen LogP contribution in [-0.4, -0.2) is 21.2 Å². The normalized spacial score (nSPS) is 12.2. The fourth-order valence-corrected chi connectivity index (χ4v) is 2.05. The second-order valence-electron chi connectivity index (χ2n) is 3.84. The van der Waals surface area contributed by atoms with E-state index in [-0.39, 0.29) is 11.4 Å². The van der Waals surface area contributed by atoms with Crippen molar-refractivity contribution in [3.05, 3.63) is 34.6 Å². The maximum Gasteiger partial charge on any atom is 0.433 e. The van der Waals surface area contributed by atoms with Crippen LogP contribution in [0.5, 0.6) is 0 Å². The maximum atomic E-state index is 12.6. The van der Waals surface area contributed by atoms with Crippen molar-refractivity contribution in [3.8, 4) is 11.4 Å². The summed E-state index contributed by atoms with van der Waals surface area (Å²) in [6.07, 6.45) is -5.92. The Labute approximate surface area is 118 Å². The zero-order valence-electron chi connectivity index (χ0n) is 9.70. The van der Waals surface area contributed by atoms with Crippen molar-refractivity contribution in [2.24, 2.45) is 0 Å². The molecule has 0 N–H and O–H groups in total. The van der Waals surface area contributed by atoms with Crippen LogP contribution in [0.1, 0.15) is 5.69 Å². The molecule has 0 fully saturated rings. The van der Waals surface area contributed by atoms with Gasteiger partial charge in [0.15, 0.2) is 0 Å². The van der Waals surface area contributed by atoms with Crippen LogP contribution >= 0.6 is 15.9 Å². The van der Waals surface area contributed by atoms with Crippen molar-refractivity contribution in [1.82, 2.24) is 14.8 Å². The monoisotopic (exact) mass is 355 g/mol. The Bertz CT molecular complexity index is 608. The minimum absolute atomic E-state index is 0.0419. The fraction of sp³-hybridized carbons (Fsp3) is 0.273. The molecule has 2 rings (SSSR count). The van der Waals surface area contributed by atoms with Crippen LogP contribution in [0, 0.1) is 0 Å². The molecular formula is C11H7BrF5N3. The van der Waals surface area contributed by atoms with Gasteiger partial charge in [-0.1, -0.05) is 6.07 Å². The Kier molecular flexibility index (Phi) is 4.07. The van der Waals surface area contributed by atoms with Gasteiger partial charge >= 0.3 is 6.18 Å². The molecule has 0 aliphatic rings. The third-order valence-corrected chi connectivity index (χ3v) is 2.90. The van der Waals surface area contributed by atoms with Gasteiger partial charge in [0, 0.05) is 6.20 Å². The lowest BCUT2D eigenvalue weighted by Gasteiger charge is -2.06. The van der Waals surface area contributed by atoms with Gasteiger partial charge in [-0.2, -0.15) is 18.3 Å². The van der Waals surface area contributed by atoms with Gasteiger partial charge in [-0.25, -0.2) is 13.8 Å². The van der Waals surface area contributed by atoms with Crippen molar-refractivity contribution < 1.29 is 22.0 Å². The molecule has 0 atom stereocenters. The highest BCUT2D eigenvalue weighted by Gasteiger charge is 2.32. The second-order valence-corrected chi connectivity index (χ2v) is 4.70. The molecule has 0 aliphatic heterocycles. The zero-order valence-corrected chi connectivity index (χ0v) is 11.3. The van der Waals surface area contributed by atoms with E-state index in [9.17, 15) is 22.0 Å². The highest BCUT2D eigenvalue weighted by molar-refractivity contribution is 9.10. The highest BCUT2D eigenvalue weighted by Crippen LogP contribution is 2.31. The van der Waals surface area contributed by atoms with E-state index in [4.69, 9.17) is 0 Å². The van der Waals surface area contributed by atoms with Crippen LogP contribution in [0.2, 0.25) is 0 Å². The Morgan fingerprint density at radius 3 is 2.55 bits per heavy atom. The van der Waals surface area contributed by atoms with Crippen LogP contribution < -0.4 is 0 Å². The molecule has 2 aromatic rings. The SMILES string of the molecule is FC(F)Cn1cc(Br)c(-c2cccc(C(F)(F)F)n2)n1. The van der Waals surface area contributed by atoms with Gasteiger partial charge in [-0.15, -0.1) is 0 Å². The third kappa shape index (κ3) is 3.33. The summed E-state index contributed by atoms with van der Waals surface area (Å²) in [5, 5.41) is 3.80. The lowest BCUT2D eigenvalue weighted by atomic mass is 10.2. The van der Waals surface area contributed by atoms with Crippen LogP contribution in [0.3, 0.4) is 0 Å². The number of hydrogen-bond acceptors (Lipinski definition) is 2. The van der Waals surface area contributed by atoms with E-state index in [0.29, 0.717) is 4.47 Å². The fourth-order valence-electron chi connectivity index (χ4n) is 1.53. The van der Waals surface area contributed by atoms with E-state index < -0.39 is 24.8 Å². The number of alkyl halides is 5. The summed E-state index contributed by atoms with van der Waals surface area (Å²) in [6, 6.07) is 3.34. The molecule has 2 aromatic heterocycles. The van der Waals surface area contributed by atoms with E-state index >= 15 is 0 Å². The molecular weight excluding hydrogens is 349 g/mol. The molecule has 0 amide bonds. The predicted molar refractivity (Wildman–Crippen MR) is 64.2 cm³/mol. The van der Waals surface area contributed by atoms with E-state index in [1.54, 1.807) is 0 Å². The zero-order chi connectivity index (χ0) is 14.9. The van der Waals surface area contributed by atoms with E-state index in [1.165, 1.54) is 18.3 Å². The average Bonchev–Trinajstić information content (AvgIpc) is 2.68. The molecule has 108 valence electrons. The molecule has 0 aliphatic carbocycles. The van der Waals surface area contributed by atoms with Gasteiger partial charge < -0.3 is 0 Å². The Hall–Kier alpha value is -1.51. The van der Waals surface area contributed by atoms with Gasteiger partial charge in [0.2, 0.25) is 0 Å².